The number of nitrogens with zero attached hydrogens (tertiary/aromatic N) is 2. The Kier molecular flexibility index (Phi) is 6.51. The third kappa shape index (κ3) is 5.22. The quantitative estimate of drug-likeness (QED) is 0.551. The van der Waals surface area contributed by atoms with Crippen LogP contribution in [0.1, 0.15) is 78.7 Å². The van der Waals surface area contributed by atoms with Crippen LogP contribution in [0.4, 0.5) is 9.59 Å². The molecule has 1 saturated heterocycles. The van der Waals surface area contributed by atoms with E-state index in [1.54, 1.807) is 0 Å². The summed E-state index contributed by atoms with van der Waals surface area (Å²) in [5.74, 6) is 0.484. The second-order valence-electron chi connectivity index (χ2n) is 12.9. The molecule has 7 heteroatoms. The first-order valence-corrected chi connectivity index (χ1v) is 13.8. The van der Waals surface area contributed by atoms with Crippen molar-refractivity contribution in [1.82, 2.24) is 15.1 Å². The zero-order valence-electron chi connectivity index (χ0n) is 22.6. The number of nitrogens with one attached hydrogen (secondary N) is 1. The molecule has 2 amide bonds. The first-order valence-electron chi connectivity index (χ1n) is 13.8. The van der Waals surface area contributed by atoms with Gasteiger partial charge in [0.05, 0.1) is 5.54 Å². The fourth-order valence-electron chi connectivity index (χ4n) is 6.23. The number of piperidine rings is 1. The number of amides is 2. The molecule has 4 atom stereocenters. The first kappa shape index (κ1) is 25.4. The number of likely N-dealkylation sites (tertiary alicyclic amines) is 1. The molecule has 1 heterocycles. The van der Waals surface area contributed by atoms with Gasteiger partial charge in [0.1, 0.15) is 12.2 Å². The molecule has 3 saturated carbocycles. The molecule has 3 unspecified atom stereocenters. The number of hydrogen-bond acceptors (Lipinski definition) is 5. The fourth-order valence-corrected chi connectivity index (χ4v) is 6.23. The highest BCUT2D eigenvalue weighted by atomic mass is 16.6. The highest BCUT2D eigenvalue weighted by molar-refractivity contribution is 5.72. The molecule has 1 aromatic carbocycles. The van der Waals surface area contributed by atoms with Crippen molar-refractivity contribution < 1.29 is 19.1 Å². The van der Waals surface area contributed by atoms with E-state index in [1.807, 2.05) is 69.9 Å². The Hall–Kier alpha value is -2.28. The predicted molar refractivity (Wildman–Crippen MR) is 138 cm³/mol. The minimum absolute atomic E-state index is 0.0277. The van der Waals surface area contributed by atoms with Crippen molar-refractivity contribution in [3.63, 3.8) is 0 Å². The van der Waals surface area contributed by atoms with Crippen LogP contribution >= 0.6 is 0 Å². The lowest BCUT2D eigenvalue weighted by Crippen LogP contribution is -2.54. The maximum Gasteiger partial charge on any atom is 0.410 e. The van der Waals surface area contributed by atoms with Crippen molar-refractivity contribution in [3.8, 4) is 0 Å². The minimum Gasteiger partial charge on any atom is -0.445 e. The van der Waals surface area contributed by atoms with Crippen molar-refractivity contribution in [2.24, 2.45) is 11.3 Å². The van der Waals surface area contributed by atoms with Crippen molar-refractivity contribution in [2.75, 3.05) is 13.1 Å². The average molecular weight is 498 g/mol. The molecule has 36 heavy (non-hydrogen) atoms. The van der Waals surface area contributed by atoms with Gasteiger partial charge in [-0.25, -0.2) is 9.59 Å². The predicted octanol–water partition coefficient (Wildman–Crippen LogP) is 5.33. The highest BCUT2D eigenvalue weighted by Crippen LogP contribution is 2.64. The maximum absolute atomic E-state index is 13.5. The topological polar surface area (TPSA) is 71.1 Å². The van der Waals surface area contributed by atoms with Gasteiger partial charge in [0.15, 0.2) is 0 Å². The van der Waals surface area contributed by atoms with Gasteiger partial charge in [0.25, 0.3) is 0 Å². The van der Waals surface area contributed by atoms with Crippen molar-refractivity contribution in [3.05, 3.63) is 35.9 Å². The summed E-state index contributed by atoms with van der Waals surface area (Å²) in [7, 11) is 0. The lowest BCUT2D eigenvalue weighted by molar-refractivity contribution is -0.0118. The van der Waals surface area contributed by atoms with E-state index < -0.39 is 5.60 Å². The summed E-state index contributed by atoms with van der Waals surface area (Å²) in [6.07, 6.45) is 6.03. The van der Waals surface area contributed by atoms with E-state index in [2.05, 4.69) is 10.2 Å². The molecule has 1 aliphatic heterocycles. The highest BCUT2D eigenvalue weighted by Gasteiger charge is 2.70. The van der Waals surface area contributed by atoms with Crippen LogP contribution in [0.5, 0.6) is 0 Å². The van der Waals surface area contributed by atoms with E-state index in [0.29, 0.717) is 18.5 Å². The third-order valence-corrected chi connectivity index (χ3v) is 8.56. The Labute approximate surface area is 215 Å². The molecule has 1 aromatic rings. The van der Waals surface area contributed by atoms with Crippen LogP contribution in [-0.4, -0.2) is 64.3 Å². The van der Waals surface area contributed by atoms with E-state index in [4.69, 9.17) is 9.47 Å². The number of rotatable bonds is 7. The molecule has 0 bridgehead atoms. The molecule has 1 N–H and O–H groups in total. The molecule has 0 aromatic heterocycles. The number of carbonyl (C=O) groups excluding carboxylic acids is 2. The second kappa shape index (κ2) is 9.23. The molecule has 2 spiro atoms. The van der Waals surface area contributed by atoms with E-state index in [9.17, 15) is 9.59 Å². The van der Waals surface area contributed by atoms with Gasteiger partial charge in [-0.05, 0) is 84.6 Å². The molecule has 198 valence electrons. The molecular formula is C29H43N3O4. The zero-order chi connectivity index (χ0) is 25.7. The fraction of sp³-hybridized carbons (Fsp3) is 0.724. The van der Waals surface area contributed by atoms with Crippen LogP contribution in [0.25, 0.3) is 0 Å². The van der Waals surface area contributed by atoms with Gasteiger partial charge in [-0.15, -0.1) is 0 Å². The van der Waals surface area contributed by atoms with E-state index in [0.717, 1.165) is 37.8 Å². The Balaban J connectivity index is 1.28. The minimum atomic E-state index is -0.534. The molecule has 7 nitrogen and oxygen atoms in total. The SMILES string of the molecule is CC(C)N(C(=O)OCc1ccccc1)[C@H]1CC12CCC1(CC1CNC1CC1)N(C(=O)OC(C)(C)C)C2. The van der Waals surface area contributed by atoms with Crippen LogP contribution in [-0.2, 0) is 16.1 Å². The normalized spacial score (nSPS) is 31.0. The zero-order valence-corrected chi connectivity index (χ0v) is 22.6. The monoisotopic (exact) mass is 497 g/mol. The second-order valence-corrected chi connectivity index (χ2v) is 12.9. The van der Waals surface area contributed by atoms with Crippen LogP contribution < -0.4 is 5.32 Å². The van der Waals surface area contributed by atoms with Crippen molar-refractivity contribution in [2.45, 2.75) is 109 Å². The number of ether oxygens (including phenoxy) is 2. The molecule has 5 rings (SSSR count). The maximum atomic E-state index is 13.5. The van der Waals surface area contributed by atoms with E-state index in [1.165, 1.54) is 12.8 Å². The average Bonchev–Trinajstić information content (AvgIpc) is 3.71. The Morgan fingerprint density at radius 1 is 1.14 bits per heavy atom. The summed E-state index contributed by atoms with van der Waals surface area (Å²) in [6.45, 7) is 11.8. The smallest absolute Gasteiger partial charge is 0.410 e. The van der Waals surface area contributed by atoms with Gasteiger partial charge in [-0.2, -0.15) is 0 Å². The summed E-state index contributed by atoms with van der Waals surface area (Å²) >= 11 is 0. The van der Waals surface area contributed by atoms with Gasteiger partial charge in [-0.3, -0.25) is 0 Å². The van der Waals surface area contributed by atoms with Gasteiger partial charge in [-0.1, -0.05) is 30.3 Å². The van der Waals surface area contributed by atoms with Crippen LogP contribution in [0.15, 0.2) is 30.3 Å². The summed E-state index contributed by atoms with van der Waals surface area (Å²) in [4.78, 5) is 30.6. The molecule has 4 aliphatic rings. The van der Waals surface area contributed by atoms with Crippen LogP contribution in [0.3, 0.4) is 0 Å². The van der Waals surface area contributed by atoms with Crippen molar-refractivity contribution in [1.29, 1.82) is 0 Å². The molecule has 3 aliphatic carbocycles. The lowest BCUT2D eigenvalue weighted by Gasteiger charge is -2.43. The molecular weight excluding hydrogens is 454 g/mol. The van der Waals surface area contributed by atoms with Gasteiger partial charge in [0, 0.05) is 36.6 Å². The van der Waals surface area contributed by atoms with Crippen molar-refractivity contribution >= 4 is 12.2 Å². The van der Waals surface area contributed by atoms with Crippen LogP contribution in [0.2, 0.25) is 0 Å². The molecule has 0 radical (unpaired) electrons. The van der Waals surface area contributed by atoms with E-state index >= 15 is 0 Å². The number of benzene rings is 1. The summed E-state index contributed by atoms with van der Waals surface area (Å²) < 4.78 is 11.6. The van der Waals surface area contributed by atoms with E-state index in [-0.39, 0.29) is 41.8 Å². The number of hydrogen-bond donors (Lipinski definition) is 1. The Morgan fingerprint density at radius 3 is 2.50 bits per heavy atom. The summed E-state index contributed by atoms with van der Waals surface area (Å²) in [5.41, 5.74) is 0.276. The summed E-state index contributed by atoms with van der Waals surface area (Å²) in [6, 6.07) is 10.6. The summed E-state index contributed by atoms with van der Waals surface area (Å²) in [5, 5.41) is 3.67. The standard InChI is InChI=1S/C29H43N3O4/c1-20(2)32(26(34)35-18-21-9-7-6-8-10-21)24-16-28(24)13-14-29(15-22(29)17-30-23-11-12-23)31(19-28)25(33)36-27(3,4)5/h6-10,20,22-24,30H,11-19H2,1-5H3/t22?,24-,28?,29?/m0/s1. The van der Waals surface area contributed by atoms with Gasteiger partial charge in [0.2, 0.25) is 0 Å². The third-order valence-electron chi connectivity index (χ3n) is 8.56. The number of carbonyl (C=O) groups is 2. The Bertz CT molecular complexity index is 972. The molecule has 4 fully saturated rings. The van der Waals surface area contributed by atoms with Gasteiger partial charge >= 0.3 is 12.2 Å². The Morgan fingerprint density at radius 2 is 1.86 bits per heavy atom. The largest absolute Gasteiger partial charge is 0.445 e. The first-order chi connectivity index (χ1) is 17.0. The van der Waals surface area contributed by atoms with Crippen LogP contribution in [0, 0.1) is 11.3 Å². The lowest BCUT2D eigenvalue weighted by atomic mass is 9.86. The van der Waals surface area contributed by atoms with Gasteiger partial charge < -0.3 is 24.6 Å².